The Hall–Kier alpha value is -1.57. The van der Waals surface area contributed by atoms with Crippen molar-refractivity contribution < 1.29 is 4.79 Å². The van der Waals surface area contributed by atoms with Gasteiger partial charge < -0.3 is 4.98 Å². The minimum atomic E-state index is 0.0873. The number of nitrogens with one attached hydrogen (secondary N) is 1. The van der Waals surface area contributed by atoms with Crippen LogP contribution in [0.5, 0.6) is 0 Å². The van der Waals surface area contributed by atoms with Gasteiger partial charge in [-0.25, -0.2) is 0 Å². The molecule has 1 aromatic heterocycles. The molecule has 0 spiro atoms. The number of carbonyl (C=O) groups excluding carboxylic acids is 1. The van der Waals surface area contributed by atoms with Gasteiger partial charge in [0.1, 0.15) is 0 Å². The summed E-state index contributed by atoms with van der Waals surface area (Å²) >= 11 is 0. The van der Waals surface area contributed by atoms with E-state index in [1.165, 1.54) is 0 Å². The molecule has 0 unspecified atom stereocenters. The van der Waals surface area contributed by atoms with Crippen molar-refractivity contribution in [1.29, 1.82) is 0 Å². The lowest BCUT2D eigenvalue weighted by atomic mass is 10.1. The zero-order chi connectivity index (χ0) is 9.42. The Bertz CT molecular complexity index is 468. The molecule has 0 fully saturated rings. The van der Waals surface area contributed by atoms with Crippen molar-refractivity contribution in [2.45, 2.75) is 13.8 Å². The third kappa shape index (κ3) is 1.15. The molecular formula is C11H11NO. The van der Waals surface area contributed by atoms with Gasteiger partial charge in [0.25, 0.3) is 0 Å². The van der Waals surface area contributed by atoms with Crippen LogP contribution in [0.2, 0.25) is 0 Å². The number of Topliss-reactive ketones (excluding diaryl/α,β-unsaturated/α-hetero) is 1. The van der Waals surface area contributed by atoms with E-state index < -0.39 is 0 Å². The van der Waals surface area contributed by atoms with E-state index in [2.05, 4.69) is 4.98 Å². The third-order valence-corrected chi connectivity index (χ3v) is 2.26. The van der Waals surface area contributed by atoms with E-state index in [4.69, 9.17) is 0 Å². The van der Waals surface area contributed by atoms with Gasteiger partial charge in [0, 0.05) is 23.4 Å². The minimum absolute atomic E-state index is 0.0873. The van der Waals surface area contributed by atoms with E-state index in [1.807, 2.05) is 31.2 Å². The fraction of sp³-hybridized carbons (Fsp3) is 0.182. The first kappa shape index (κ1) is 8.05. The van der Waals surface area contributed by atoms with Crippen molar-refractivity contribution >= 4 is 16.6 Å². The number of benzene rings is 1. The molecule has 0 aliphatic carbocycles. The van der Waals surface area contributed by atoms with E-state index in [0.29, 0.717) is 5.69 Å². The largest absolute Gasteiger partial charge is 0.355 e. The molecule has 2 heteroatoms. The third-order valence-electron chi connectivity index (χ3n) is 2.26. The smallest absolute Gasteiger partial charge is 0.176 e. The molecule has 0 aliphatic rings. The van der Waals surface area contributed by atoms with Crippen LogP contribution in [0.1, 0.15) is 23.1 Å². The molecule has 0 amide bonds. The molecule has 1 N–H and O–H groups in total. The lowest BCUT2D eigenvalue weighted by molar-refractivity contribution is 0.101. The molecule has 0 atom stereocenters. The van der Waals surface area contributed by atoms with Gasteiger partial charge in [-0.15, -0.1) is 0 Å². The van der Waals surface area contributed by atoms with Gasteiger partial charge in [0.05, 0.1) is 5.69 Å². The number of ketones is 1. The first-order valence-corrected chi connectivity index (χ1v) is 4.28. The molecule has 0 bridgehead atoms. The zero-order valence-corrected chi connectivity index (χ0v) is 7.72. The van der Waals surface area contributed by atoms with E-state index in [9.17, 15) is 4.79 Å². The molecule has 66 valence electrons. The maximum Gasteiger partial charge on any atom is 0.176 e. The predicted molar refractivity (Wildman–Crippen MR) is 53.0 cm³/mol. The highest BCUT2D eigenvalue weighted by molar-refractivity contribution is 6.06. The Morgan fingerprint density at radius 3 is 2.46 bits per heavy atom. The predicted octanol–water partition coefficient (Wildman–Crippen LogP) is 2.68. The van der Waals surface area contributed by atoms with Crippen LogP contribution < -0.4 is 0 Å². The molecule has 0 saturated heterocycles. The number of aromatic amines is 1. The Morgan fingerprint density at radius 2 is 1.85 bits per heavy atom. The van der Waals surface area contributed by atoms with Crippen LogP contribution in [0.4, 0.5) is 0 Å². The highest BCUT2D eigenvalue weighted by Crippen LogP contribution is 2.21. The van der Waals surface area contributed by atoms with Gasteiger partial charge in [-0.05, 0) is 6.92 Å². The lowest BCUT2D eigenvalue weighted by Gasteiger charge is -1.90. The second kappa shape index (κ2) is 2.73. The number of aromatic nitrogens is 1. The van der Waals surface area contributed by atoms with Gasteiger partial charge in [0.15, 0.2) is 5.78 Å². The maximum absolute atomic E-state index is 11.2. The first-order valence-electron chi connectivity index (χ1n) is 4.28. The summed E-state index contributed by atoms with van der Waals surface area (Å²) in [5.74, 6) is 0.0873. The van der Waals surface area contributed by atoms with Gasteiger partial charge in [0.2, 0.25) is 0 Å². The van der Waals surface area contributed by atoms with Crippen LogP contribution in [0, 0.1) is 6.92 Å². The van der Waals surface area contributed by atoms with Crippen molar-refractivity contribution in [3.8, 4) is 0 Å². The molecule has 0 aliphatic heterocycles. The van der Waals surface area contributed by atoms with E-state index in [-0.39, 0.29) is 5.78 Å². The monoisotopic (exact) mass is 173 g/mol. The summed E-state index contributed by atoms with van der Waals surface area (Å²) in [7, 11) is 0. The summed E-state index contributed by atoms with van der Waals surface area (Å²) in [6.45, 7) is 3.56. The summed E-state index contributed by atoms with van der Waals surface area (Å²) in [4.78, 5) is 14.3. The van der Waals surface area contributed by atoms with Gasteiger partial charge in [-0.2, -0.15) is 0 Å². The van der Waals surface area contributed by atoms with E-state index in [0.717, 1.165) is 16.5 Å². The topological polar surface area (TPSA) is 32.9 Å². The van der Waals surface area contributed by atoms with E-state index >= 15 is 0 Å². The highest BCUT2D eigenvalue weighted by Gasteiger charge is 2.09. The number of fused-ring (bicyclic) bond motifs is 1. The van der Waals surface area contributed by atoms with Crippen molar-refractivity contribution in [2.24, 2.45) is 0 Å². The van der Waals surface area contributed by atoms with Crippen LogP contribution in [0.25, 0.3) is 10.8 Å². The first-order chi connectivity index (χ1) is 6.20. The van der Waals surface area contributed by atoms with Crippen molar-refractivity contribution in [1.82, 2.24) is 4.98 Å². The number of carbonyl (C=O) groups is 1. The molecule has 1 heterocycles. The number of H-pyrrole nitrogens is 1. The molecule has 0 saturated carbocycles. The molecule has 1 aromatic carbocycles. The summed E-state index contributed by atoms with van der Waals surface area (Å²) in [6, 6.07) is 7.91. The Kier molecular flexibility index (Phi) is 1.69. The molecule has 0 radical (unpaired) electrons. The summed E-state index contributed by atoms with van der Waals surface area (Å²) in [5, 5.41) is 2.15. The van der Waals surface area contributed by atoms with Gasteiger partial charge in [-0.1, -0.05) is 24.3 Å². The number of hydrogen-bond acceptors (Lipinski definition) is 1. The Morgan fingerprint density at radius 1 is 1.23 bits per heavy atom. The molecule has 2 nitrogen and oxygen atoms in total. The summed E-state index contributed by atoms with van der Waals surface area (Å²) < 4.78 is 0. The van der Waals surface area contributed by atoms with Crippen LogP contribution in [0.3, 0.4) is 0 Å². The number of rotatable bonds is 1. The number of hydrogen-bond donors (Lipinski definition) is 1. The maximum atomic E-state index is 11.2. The van der Waals surface area contributed by atoms with Crippen LogP contribution >= 0.6 is 0 Å². The summed E-state index contributed by atoms with van der Waals surface area (Å²) in [5.41, 5.74) is 1.77. The standard InChI is InChI=1S/C11H11NO/c1-7-9-5-3-4-6-10(9)11(12-7)8(2)13/h3-6,12H,1-2H3. The van der Waals surface area contributed by atoms with Crippen LogP contribution in [-0.4, -0.2) is 10.8 Å². The number of aryl methyl sites for hydroxylation is 1. The average molecular weight is 173 g/mol. The fourth-order valence-corrected chi connectivity index (χ4v) is 1.63. The molecular weight excluding hydrogens is 162 g/mol. The van der Waals surface area contributed by atoms with Crippen molar-refractivity contribution in [3.05, 3.63) is 35.7 Å². The van der Waals surface area contributed by atoms with E-state index in [1.54, 1.807) is 6.92 Å². The normalized spacial score (nSPS) is 10.6. The molecule has 2 rings (SSSR count). The lowest BCUT2D eigenvalue weighted by Crippen LogP contribution is -1.92. The summed E-state index contributed by atoms with van der Waals surface area (Å²) in [6.07, 6.45) is 0. The van der Waals surface area contributed by atoms with Crippen molar-refractivity contribution in [3.63, 3.8) is 0 Å². The Balaban J connectivity index is 2.85. The average Bonchev–Trinajstić information content (AvgIpc) is 2.45. The van der Waals surface area contributed by atoms with Crippen molar-refractivity contribution in [2.75, 3.05) is 0 Å². The second-order valence-electron chi connectivity index (χ2n) is 3.23. The van der Waals surface area contributed by atoms with Crippen LogP contribution in [0.15, 0.2) is 24.3 Å². The highest BCUT2D eigenvalue weighted by atomic mass is 16.1. The zero-order valence-electron chi connectivity index (χ0n) is 7.72. The molecule has 2 aromatic rings. The SMILES string of the molecule is CC(=O)c1[nH]c(C)c2ccccc12. The quantitative estimate of drug-likeness (QED) is 0.661. The Labute approximate surface area is 76.6 Å². The van der Waals surface area contributed by atoms with Crippen LogP contribution in [-0.2, 0) is 0 Å². The molecule has 13 heavy (non-hydrogen) atoms. The fourth-order valence-electron chi connectivity index (χ4n) is 1.63. The van der Waals surface area contributed by atoms with Gasteiger partial charge in [-0.3, -0.25) is 4.79 Å². The minimum Gasteiger partial charge on any atom is -0.355 e. The van der Waals surface area contributed by atoms with Gasteiger partial charge >= 0.3 is 0 Å². The second-order valence-corrected chi connectivity index (χ2v) is 3.23.